The summed E-state index contributed by atoms with van der Waals surface area (Å²) in [6.45, 7) is 1.18. The highest BCUT2D eigenvalue weighted by molar-refractivity contribution is 9.11. The Bertz CT molecular complexity index is 313. The maximum Gasteiger partial charge on any atom is 0.206 e. The van der Waals surface area contributed by atoms with Crippen LogP contribution in [0, 0.1) is 5.41 Å². The van der Waals surface area contributed by atoms with Crippen molar-refractivity contribution in [1.29, 1.82) is 0 Å². The molecule has 78 valence electrons. The van der Waals surface area contributed by atoms with Crippen LogP contribution < -0.4 is 5.32 Å². The van der Waals surface area contributed by atoms with Crippen molar-refractivity contribution in [3.8, 4) is 0 Å². The molecule has 1 saturated carbocycles. The van der Waals surface area contributed by atoms with Gasteiger partial charge in [0.25, 0.3) is 0 Å². The minimum atomic E-state index is 0.279. The number of nitrogens with one attached hydrogen (secondary N) is 1. The van der Waals surface area contributed by atoms with Crippen LogP contribution in [0.3, 0.4) is 0 Å². The molecule has 0 aliphatic heterocycles. The molecule has 0 unspecified atom stereocenters. The molecule has 1 heterocycles. The Morgan fingerprint density at radius 2 is 2.29 bits per heavy atom. The normalized spacial score (nSPS) is 18.1. The van der Waals surface area contributed by atoms with Crippen molar-refractivity contribution >= 4 is 32.4 Å². The summed E-state index contributed by atoms with van der Waals surface area (Å²) in [6, 6.07) is 0. The van der Waals surface area contributed by atoms with Gasteiger partial charge in [0.15, 0.2) is 3.92 Å². The Balaban J connectivity index is 1.82. The number of hydrogen-bond acceptors (Lipinski definition) is 5. The third-order valence-corrected chi connectivity index (χ3v) is 3.93. The van der Waals surface area contributed by atoms with Gasteiger partial charge in [0.1, 0.15) is 0 Å². The van der Waals surface area contributed by atoms with Crippen molar-refractivity contribution in [2.24, 2.45) is 5.41 Å². The average molecular weight is 278 g/mol. The Morgan fingerprint density at radius 1 is 1.50 bits per heavy atom. The number of halogens is 1. The standard InChI is InChI=1S/C8H12BrN3OS/c9-6-11-12-7(14-6)10-5-8(1-2-8)3-4-13/h13H,1-5H2,(H,10,12). The van der Waals surface area contributed by atoms with Crippen molar-refractivity contribution in [3.63, 3.8) is 0 Å². The third-order valence-electron chi connectivity index (χ3n) is 2.61. The number of nitrogens with zero attached hydrogens (tertiary/aromatic N) is 2. The van der Waals surface area contributed by atoms with E-state index in [0.29, 0.717) is 5.41 Å². The molecule has 1 aromatic heterocycles. The van der Waals surface area contributed by atoms with Gasteiger partial charge in [-0.3, -0.25) is 0 Å². The van der Waals surface area contributed by atoms with Crippen molar-refractivity contribution in [2.75, 3.05) is 18.5 Å². The summed E-state index contributed by atoms with van der Waals surface area (Å²) < 4.78 is 0.798. The monoisotopic (exact) mass is 277 g/mol. The molecule has 1 aromatic rings. The van der Waals surface area contributed by atoms with Gasteiger partial charge >= 0.3 is 0 Å². The molecule has 1 aliphatic rings. The lowest BCUT2D eigenvalue weighted by Crippen LogP contribution is -2.16. The molecule has 0 atom stereocenters. The zero-order valence-electron chi connectivity index (χ0n) is 7.66. The lowest BCUT2D eigenvalue weighted by molar-refractivity contribution is 0.253. The molecule has 14 heavy (non-hydrogen) atoms. The predicted molar refractivity (Wildman–Crippen MR) is 59.5 cm³/mol. The first-order valence-electron chi connectivity index (χ1n) is 4.58. The van der Waals surface area contributed by atoms with E-state index in [4.69, 9.17) is 5.11 Å². The summed E-state index contributed by atoms with van der Waals surface area (Å²) in [5.41, 5.74) is 0.326. The van der Waals surface area contributed by atoms with Crippen molar-refractivity contribution in [3.05, 3.63) is 3.92 Å². The molecular weight excluding hydrogens is 266 g/mol. The van der Waals surface area contributed by atoms with Crippen LogP contribution in [-0.4, -0.2) is 28.5 Å². The largest absolute Gasteiger partial charge is 0.396 e. The van der Waals surface area contributed by atoms with Crippen LogP contribution in [0.1, 0.15) is 19.3 Å². The zero-order chi connectivity index (χ0) is 10.0. The average Bonchev–Trinajstić information content (AvgIpc) is 2.80. The van der Waals surface area contributed by atoms with Crippen LogP contribution >= 0.6 is 27.3 Å². The Kier molecular flexibility index (Phi) is 3.04. The summed E-state index contributed by atoms with van der Waals surface area (Å²) in [5.74, 6) is 0. The van der Waals surface area contributed by atoms with Gasteiger partial charge in [-0.05, 0) is 40.6 Å². The van der Waals surface area contributed by atoms with E-state index in [1.54, 1.807) is 0 Å². The van der Waals surface area contributed by atoms with E-state index in [1.165, 1.54) is 24.2 Å². The van der Waals surface area contributed by atoms with E-state index in [1.807, 2.05) is 0 Å². The SMILES string of the molecule is OCCC1(CNc2nnc(Br)s2)CC1. The highest BCUT2D eigenvalue weighted by atomic mass is 79.9. The molecular formula is C8H12BrN3OS. The van der Waals surface area contributed by atoms with Gasteiger partial charge < -0.3 is 10.4 Å². The van der Waals surface area contributed by atoms with Gasteiger partial charge in [0, 0.05) is 13.2 Å². The van der Waals surface area contributed by atoms with Crippen molar-refractivity contribution < 1.29 is 5.11 Å². The number of aliphatic hydroxyl groups excluding tert-OH is 1. The molecule has 0 spiro atoms. The lowest BCUT2D eigenvalue weighted by atomic mass is 10.0. The summed E-state index contributed by atoms with van der Waals surface area (Å²) >= 11 is 4.76. The van der Waals surface area contributed by atoms with E-state index >= 15 is 0 Å². The van der Waals surface area contributed by atoms with Gasteiger partial charge in [-0.15, -0.1) is 10.2 Å². The number of aromatic nitrogens is 2. The van der Waals surface area contributed by atoms with Crippen molar-refractivity contribution in [2.45, 2.75) is 19.3 Å². The maximum absolute atomic E-state index is 8.88. The summed E-state index contributed by atoms with van der Waals surface area (Å²) in [7, 11) is 0. The van der Waals surface area contributed by atoms with Gasteiger partial charge in [0.2, 0.25) is 5.13 Å². The number of hydrogen-bond donors (Lipinski definition) is 2. The van der Waals surface area contributed by atoms with Crippen LogP contribution in [0.15, 0.2) is 3.92 Å². The van der Waals surface area contributed by atoms with Gasteiger partial charge in [-0.1, -0.05) is 11.3 Å². The third kappa shape index (κ3) is 2.43. The topological polar surface area (TPSA) is 58.0 Å². The van der Waals surface area contributed by atoms with Crippen LogP contribution in [-0.2, 0) is 0 Å². The number of aliphatic hydroxyl groups is 1. The van der Waals surface area contributed by atoms with Gasteiger partial charge in [-0.25, -0.2) is 0 Å². The van der Waals surface area contributed by atoms with Crippen LogP contribution in [0.4, 0.5) is 5.13 Å². The van der Waals surface area contributed by atoms with Crippen LogP contribution in [0.5, 0.6) is 0 Å². The molecule has 0 radical (unpaired) electrons. The first kappa shape index (κ1) is 10.3. The molecule has 0 amide bonds. The van der Waals surface area contributed by atoms with Crippen LogP contribution in [0.2, 0.25) is 0 Å². The molecule has 0 saturated heterocycles. The number of rotatable bonds is 5. The summed E-state index contributed by atoms with van der Waals surface area (Å²) in [5, 5.41) is 20.8. The molecule has 2 N–H and O–H groups in total. The molecule has 1 fully saturated rings. The fourth-order valence-electron chi connectivity index (χ4n) is 1.47. The zero-order valence-corrected chi connectivity index (χ0v) is 10.1. The quantitative estimate of drug-likeness (QED) is 0.863. The van der Waals surface area contributed by atoms with E-state index in [9.17, 15) is 0 Å². The van der Waals surface area contributed by atoms with E-state index in [2.05, 4.69) is 31.4 Å². The summed E-state index contributed by atoms with van der Waals surface area (Å²) in [6.07, 6.45) is 3.31. The van der Waals surface area contributed by atoms with E-state index in [-0.39, 0.29) is 6.61 Å². The Labute approximate surface area is 94.9 Å². The summed E-state index contributed by atoms with van der Waals surface area (Å²) in [4.78, 5) is 0. The molecule has 4 nitrogen and oxygen atoms in total. The highest BCUT2D eigenvalue weighted by Gasteiger charge is 2.41. The smallest absolute Gasteiger partial charge is 0.206 e. The molecule has 0 aromatic carbocycles. The second-order valence-electron chi connectivity index (χ2n) is 3.69. The minimum Gasteiger partial charge on any atom is -0.396 e. The Hall–Kier alpha value is -0.200. The second kappa shape index (κ2) is 4.12. The van der Waals surface area contributed by atoms with E-state index in [0.717, 1.165) is 22.0 Å². The van der Waals surface area contributed by atoms with Crippen LogP contribution in [0.25, 0.3) is 0 Å². The first-order chi connectivity index (χ1) is 6.74. The molecule has 6 heteroatoms. The van der Waals surface area contributed by atoms with E-state index < -0.39 is 0 Å². The molecule has 2 rings (SSSR count). The predicted octanol–water partition coefficient (Wildman–Crippen LogP) is 1.88. The molecule has 1 aliphatic carbocycles. The second-order valence-corrected chi connectivity index (χ2v) is 5.94. The molecule has 0 bridgehead atoms. The Morgan fingerprint density at radius 3 is 2.79 bits per heavy atom. The fraction of sp³-hybridized carbons (Fsp3) is 0.750. The van der Waals surface area contributed by atoms with Crippen molar-refractivity contribution in [1.82, 2.24) is 10.2 Å². The lowest BCUT2D eigenvalue weighted by Gasteiger charge is -2.12. The van der Waals surface area contributed by atoms with Gasteiger partial charge in [-0.2, -0.15) is 0 Å². The minimum absolute atomic E-state index is 0.279. The highest BCUT2D eigenvalue weighted by Crippen LogP contribution is 2.48. The first-order valence-corrected chi connectivity index (χ1v) is 6.19. The number of anilines is 1. The van der Waals surface area contributed by atoms with Gasteiger partial charge in [0.05, 0.1) is 0 Å². The fourth-order valence-corrected chi connectivity index (χ4v) is 2.48. The maximum atomic E-state index is 8.88.